The summed E-state index contributed by atoms with van der Waals surface area (Å²) in [6.45, 7) is 5.08. The number of piperidine rings is 1. The van der Waals surface area contributed by atoms with E-state index in [1.165, 1.54) is 6.42 Å². The van der Waals surface area contributed by atoms with Crippen LogP contribution in [-0.4, -0.2) is 40.4 Å². The number of hydrogen-bond donors (Lipinski definition) is 0. The zero-order valence-corrected chi connectivity index (χ0v) is 18.5. The summed E-state index contributed by atoms with van der Waals surface area (Å²) in [5, 5.41) is 0. The summed E-state index contributed by atoms with van der Waals surface area (Å²) in [4.78, 5) is 27.0. The number of carbonyl (C=O) groups is 1. The van der Waals surface area contributed by atoms with Crippen molar-refractivity contribution in [2.45, 2.75) is 39.2 Å². The summed E-state index contributed by atoms with van der Waals surface area (Å²) >= 11 is 0. The molecule has 5 rings (SSSR count). The number of ether oxygens (including phenoxy) is 1. The van der Waals surface area contributed by atoms with Gasteiger partial charge in [-0.1, -0.05) is 30.3 Å². The van der Waals surface area contributed by atoms with Crippen LogP contribution in [0.2, 0.25) is 0 Å². The molecule has 1 fully saturated rings. The lowest BCUT2D eigenvalue weighted by atomic mass is 10.0. The number of amides is 1. The lowest BCUT2D eigenvalue weighted by molar-refractivity contribution is 0.0732. The second-order valence-corrected chi connectivity index (χ2v) is 8.56. The highest BCUT2D eigenvalue weighted by Gasteiger charge is 2.28. The molecule has 1 aromatic heterocycles. The molecule has 0 radical (unpaired) electrons. The summed E-state index contributed by atoms with van der Waals surface area (Å²) in [5.41, 5.74) is 3.72. The molecule has 0 spiro atoms. The average molecular weight is 429 g/mol. The molecule has 32 heavy (non-hydrogen) atoms. The fourth-order valence-corrected chi connectivity index (χ4v) is 4.42. The molecule has 0 bridgehead atoms. The van der Waals surface area contributed by atoms with Crippen molar-refractivity contribution in [2.75, 3.05) is 24.5 Å². The first-order valence-corrected chi connectivity index (χ1v) is 11.4. The standard InChI is InChI=1S/C26H28N4O2/c1-19-9-8-12-21(17-19)32-24-22-18-30(25(31)20-10-4-2-5-11-20)16-13-23(22)27-26(28-24)29-14-6-3-7-15-29/h2,4-5,8-12,17H,3,6-7,13-16,18H2,1H3. The molecule has 164 valence electrons. The van der Waals surface area contributed by atoms with Gasteiger partial charge >= 0.3 is 0 Å². The fourth-order valence-electron chi connectivity index (χ4n) is 4.42. The van der Waals surface area contributed by atoms with Gasteiger partial charge in [-0.15, -0.1) is 0 Å². The van der Waals surface area contributed by atoms with Crippen molar-refractivity contribution in [1.29, 1.82) is 0 Å². The molecular weight excluding hydrogens is 400 g/mol. The summed E-state index contributed by atoms with van der Waals surface area (Å²) < 4.78 is 6.31. The number of benzene rings is 2. The molecule has 3 aromatic rings. The van der Waals surface area contributed by atoms with Gasteiger partial charge < -0.3 is 14.5 Å². The smallest absolute Gasteiger partial charge is 0.254 e. The van der Waals surface area contributed by atoms with E-state index >= 15 is 0 Å². The van der Waals surface area contributed by atoms with Gasteiger partial charge in [0.25, 0.3) is 5.91 Å². The number of aromatic nitrogens is 2. The summed E-state index contributed by atoms with van der Waals surface area (Å²) in [7, 11) is 0. The quantitative estimate of drug-likeness (QED) is 0.599. The molecule has 6 nitrogen and oxygen atoms in total. The maximum absolute atomic E-state index is 13.1. The highest BCUT2D eigenvalue weighted by molar-refractivity contribution is 5.94. The molecule has 2 aliphatic heterocycles. The summed E-state index contributed by atoms with van der Waals surface area (Å²) in [6.07, 6.45) is 4.27. The minimum Gasteiger partial charge on any atom is -0.438 e. The highest BCUT2D eigenvalue weighted by Crippen LogP contribution is 2.32. The first kappa shape index (κ1) is 20.5. The number of nitrogens with zero attached hydrogens (tertiary/aromatic N) is 4. The van der Waals surface area contributed by atoms with Crippen molar-refractivity contribution >= 4 is 11.9 Å². The molecule has 0 aliphatic carbocycles. The number of fused-ring (bicyclic) bond motifs is 1. The Balaban J connectivity index is 1.49. The van der Waals surface area contributed by atoms with Crippen molar-refractivity contribution in [3.63, 3.8) is 0 Å². The number of carbonyl (C=O) groups excluding carboxylic acids is 1. The zero-order chi connectivity index (χ0) is 21.9. The number of rotatable bonds is 4. The molecule has 0 atom stereocenters. The van der Waals surface area contributed by atoms with E-state index in [1.807, 2.05) is 66.4 Å². The van der Waals surface area contributed by atoms with Gasteiger partial charge in [-0.05, 0) is 56.0 Å². The Labute approximate surface area is 188 Å². The van der Waals surface area contributed by atoms with Crippen LogP contribution in [0, 0.1) is 6.92 Å². The van der Waals surface area contributed by atoms with Crippen molar-refractivity contribution in [1.82, 2.24) is 14.9 Å². The Hall–Kier alpha value is -3.41. The molecule has 1 amide bonds. The van der Waals surface area contributed by atoms with E-state index in [0.29, 0.717) is 31.0 Å². The fraction of sp³-hybridized carbons (Fsp3) is 0.346. The van der Waals surface area contributed by atoms with Crippen LogP contribution in [0.25, 0.3) is 0 Å². The first-order valence-electron chi connectivity index (χ1n) is 11.4. The molecule has 1 saturated heterocycles. The maximum atomic E-state index is 13.1. The molecule has 0 N–H and O–H groups in total. The molecular formula is C26H28N4O2. The van der Waals surface area contributed by atoms with E-state index in [4.69, 9.17) is 14.7 Å². The normalized spacial score (nSPS) is 15.9. The lowest BCUT2D eigenvalue weighted by Gasteiger charge is -2.32. The molecule has 2 aliphatic rings. The maximum Gasteiger partial charge on any atom is 0.254 e. The predicted octanol–water partition coefficient (Wildman–Crippen LogP) is 4.77. The van der Waals surface area contributed by atoms with Crippen molar-refractivity contribution in [2.24, 2.45) is 0 Å². The second-order valence-electron chi connectivity index (χ2n) is 8.56. The van der Waals surface area contributed by atoms with Gasteiger partial charge in [-0.25, -0.2) is 4.98 Å². The van der Waals surface area contributed by atoms with E-state index in [-0.39, 0.29) is 5.91 Å². The largest absolute Gasteiger partial charge is 0.438 e. The minimum absolute atomic E-state index is 0.0258. The van der Waals surface area contributed by atoms with Crippen LogP contribution in [0.5, 0.6) is 11.6 Å². The topological polar surface area (TPSA) is 58.6 Å². The van der Waals surface area contributed by atoms with Gasteiger partial charge in [0.1, 0.15) is 5.75 Å². The third-order valence-corrected chi connectivity index (χ3v) is 6.16. The van der Waals surface area contributed by atoms with Gasteiger partial charge in [-0.3, -0.25) is 4.79 Å². The zero-order valence-electron chi connectivity index (χ0n) is 18.5. The Kier molecular flexibility index (Phi) is 5.75. The van der Waals surface area contributed by atoms with E-state index in [9.17, 15) is 4.79 Å². The number of aryl methyl sites for hydroxylation is 1. The highest BCUT2D eigenvalue weighted by atomic mass is 16.5. The van der Waals surface area contributed by atoms with Gasteiger partial charge in [0, 0.05) is 31.6 Å². The van der Waals surface area contributed by atoms with Crippen molar-refractivity contribution in [3.8, 4) is 11.6 Å². The molecule has 3 heterocycles. The predicted molar refractivity (Wildman–Crippen MR) is 124 cm³/mol. The van der Waals surface area contributed by atoms with E-state index in [0.717, 1.165) is 54.4 Å². The molecule has 0 unspecified atom stereocenters. The van der Waals surface area contributed by atoms with Crippen LogP contribution in [-0.2, 0) is 13.0 Å². The molecule has 6 heteroatoms. The Morgan fingerprint density at radius 1 is 0.938 bits per heavy atom. The summed E-state index contributed by atoms with van der Waals surface area (Å²) in [6, 6.07) is 17.4. The average Bonchev–Trinajstić information content (AvgIpc) is 2.84. The van der Waals surface area contributed by atoms with Crippen LogP contribution in [0.15, 0.2) is 54.6 Å². The van der Waals surface area contributed by atoms with E-state index < -0.39 is 0 Å². The molecule has 2 aromatic carbocycles. The van der Waals surface area contributed by atoms with Crippen LogP contribution < -0.4 is 9.64 Å². The van der Waals surface area contributed by atoms with Crippen molar-refractivity contribution < 1.29 is 9.53 Å². The van der Waals surface area contributed by atoms with Gasteiger partial charge in [-0.2, -0.15) is 4.98 Å². The third-order valence-electron chi connectivity index (χ3n) is 6.16. The number of hydrogen-bond acceptors (Lipinski definition) is 5. The molecule has 0 saturated carbocycles. The van der Waals surface area contributed by atoms with Gasteiger partial charge in [0.2, 0.25) is 11.8 Å². The van der Waals surface area contributed by atoms with Gasteiger partial charge in [0.05, 0.1) is 17.8 Å². The van der Waals surface area contributed by atoms with Crippen LogP contribution in [0.1, 0.15) is 46.4 Å². The third kappa shape index (κ3) is 4.31. The van der Waals surface area contributed by atoms with Gasteiger partial charge in [0.15, 0.2) is 0 Å². The Morgan fingerprint density at radius 2 is 1.75 bits per heavy atom. The Morgan fingerprint density at radius 3 is 2.53 bits per heavy atom. The lowest BCUT2D eigenvalue weighted by Crippen LogP contribution is -2.37. The number of anilines is 1. The monoisotopic (exact) mass is 428 g/mol. The second kappa shape index (κ2) is 8.99. The summed E-state index contributed by atoms with van der Waals surface area (Å²) in [5.74, 6) is 2.08. The SMILES string of the molecule is Cc1cccc(Oc2nc(N3CCCCC3)nc3c2CN(C(=O)c2ccccc2)CC3)c1. The van der Waals surface area contributed by atoms with Crippen LogP contribution in [0.3, 0.4) is 0 Å². The van der Waals surface area contributed by atoms with Crippen LogP contribution in [0.4, 0.5) is 5.95 Å². The van der Waals surface area contributed by atoms with E-state index in [2.05, 4.69) is 4.90 Å². The Bertz CT molecular complexity index is 1110. The minimum atomic E-state index is 0.0258. The van der Waals surface area contributed by atoms with Crippen molar-refractivity contribution in [3.05, 3.63) is 77.0 Å². The van der Waals surface area contributed by atoms with E-state index in [1.54, 1.807) is 0 Å². The first-order chi connectivity index (χ1) is 15.7. The van der Waals surface area contributed by atoms with Crippen LogP contribution >= 0.6 is 0 Å².